The first-order valence-electron chi connectivity index (χ1n) is 7.45. The summed E-state index contributed by atoms with van der Waals surface area (Å²) in [6.07, 6.45) is 0.887. The fourth-order valence-electron chi connectivity index (χ4n) is 2.37. The molecule has 0 saturated heterocycles. The van der Waals surface area contributed by atoms with Crippen LogP contribution in [0.15, 0.2) is 48.5 Å². The van der Waals surface area contributed by atoms with Crippen LogP contribution in [0, 0.1) is 5.82 Å². The Hall–Kier alpha value is -1.67. The van der Waals surface area contributed by atoms with Gasteiger partial charge in [-0.3, -0.25) is 0 Å². The first kappa shape index (κ1) is 15.7. The molecule has 0 aliphatic heterocycles. The molecule has 0 amide bonds. The zero-order valence-electron chi connectivity index (χ0n) is 12.9. The molecule has 1 N–H and O–H groups in total. The zero-order valence-corrected chi connectivity index (χ0v) is 12.9. The summed E-state index contributed by atoms with van der Waals surface area (Å²) in [4.78, 5) is 0. The molecule has 0 saturated carbocycles. The van der Waals surface area contributed by atoms with Crippen LogP contribution in [0.1, 0.15) is 50.0 Å². The van der Waals surface area contributed by atoms with Gasteiger partial charge >= 0.3 is 0 Å². The first-order chi connectivity index (χ1) is 9.92. The van der Waals surface area contributed by atoms with E-state index in [9.17, 15) is 9.50 Å². The van der Waals surface area contributed by atoms with Crippen molar-refractivity contribution in [3.63, 3.8) is 0 Å². The molecule has 2 aromatic carbocycles. The van der Waals surface area contributed by atoms with Gasteiger partial charge < -0.3 is 5.11 Å². The van der Waals surface area contributed by atoms with Gasteiger partial charge in [-0.05, 0) is 40.7 Å². The lowest BCUT2D eigenvalue weighted by Gasteiger charge is -2.24. The van der Waals surface area contributed by atoms with Crippen molar-refractivity contribution in [3.8, 4) is 0 Å². The molecular formula is C19H23FO. The Morgan fingerprint density at radius 3 is 2.33 bits per heavy atom. The number of hydrogen-bond donors (Lipinski definition) is 1. The van der Waals surface area contributed by atoms with Gasteiger partial charge in [0.05, 0.1) is 6.10 Å². The average Bonchev–Trinajstić information content (AvgIpc) is 2.47. The maximum Gasteiger partial charge on any atom is 0.123 e. The summed E-state index contributed by atoms with van der Waals surface area (Å²) in [5.74, 6) is -0.264. The van der Waals surface area contributed by atoms with Gasteiger partial charge in [-0.2, -0.15) is 0 Å². The van der Waals surface area contributed by atoms with Gasteiger partial charge in [-0.1, -0.05) is 57.2 Å². The highest BCUT2D eigenvalue weighted by atomic mass is 19.1. The largest absolute Gasteiger partial charge is 0.388 e. The van der Waals surface area contributed by atoms with Gasteiger partial charge in [0.15, 0.2) is 0 Å². The summed E-state index contributed by atoms with van der Waals surface area (Å²) in [5, 5.41) is 10.3. The second kappa shape index (κ2) is 6.40. The van der Waals surface area contributed by atoms with Gasteiger partial charge in [0.2, 0.25) is 0 Å². The number of rotatable bonds is 5. The summed E-state index contributed by atoms with van der Waals surface area (Å²) in [5.41, 5.74) is 3.09. The fourth-order valence-corrected chi connectivity index (χ4v) is 2.37. The molecule has 0 spiro atoms. The molecule has 0 aliphatic rings. The highest BCUT2D eigenvalue weighted by molar-refractivity contribution is 5.30. The average molecular weight is 286 g/mol. The van der Waals surface area contributed by atoms with Crippen LogP contribution in [0.2, 0.25) is 0 Å². The molecule has 0 aliphatic carbocycles. The third-order valence-corrected chi connectivity index (χ3v) is 4.28. The molecule has 0 bridgehead atoms. The maximum absolute atomic E-state index is 13.2. The van der Waals surface area contributed by atoms with Crippen molar-refractivity contribution in [3.05, 3.63) is 71.0 Å². The summed E-state index contributed by atoms with van der Waals surface area (Å²) < 4.78 is 13.2. The second-order valence-electron chi connectivity index (χ2n) is 6.21. The Morgan fingerprint density at radius 1 is 1.10 bits per heavy atom. The molecule has 21 heavy (non-hydrogen) atoms. The quantitative estimate of drug-likeness (QED) is 0.838. The number of aliphatic hydroxyl groups excluding tert-OH is 1. The van der Waals surface area contributed by atoms with Crippen LogP contribution < -0.4 is 0 Å². The number of benzene rings is 2. The van der Waals surface area contributed by atoms with Crippen LogP contribution in [0.5, 0.6) is 0 Å². The van der Waals surface area contributed by atoms with E-state index in [1.165, 1.54) is 17.7 Å². The molecule has 112 valence electrons. The van der Waals surface area contributed by atoms with Crippen molar-refractivity contribution in [2.24, 2.45) is 0 Å². The van der Waals surface area contributed by atoms with E-state index in [2.05, 4.69) is 32.9 Å². The lowest BCUT2D eigenvalue weighted by Crippen LogP contribution is -2.15. The summed E-state index contributed by atoms with van der Waals surface area (Å²) in [6.45, 7) is 6.60. The van der Waals surface area contributed by atoms with Crippen LogP contribution in [0.3, 0.4) is 0 Å². The molecule has 0 fully saturated rings. The number of halogens is 1. The Bertz CT molecular complexity index is 587. The van der Waals surface area contributed by atoms with Crippen molar-refractivity contribution in [1.82, 2.24) is 0 Å². The summed E-state index contributed by atoms with van der Waals surface area (Å²) >= 11 is 0. The number of hydrogen-bond acceptors (Lipinski definition) is 1. The van der Waals surface area contributed by atoms with Crippen molar-refractivity contribution in [1.29, 1.82) is 0 Å². The Labute approximate surface area is 126 Å². The minimum absolute atomic E-state index is 0.145. The lowest BCUT2D eigenvalue weighted by atomic mass is 9.82. The smallest absolute Gasteiger partial charge is 0.123 e. The minimum Gasteiger partial charge on any atom is -0.388 e. The van der Waals surface area contributed by atoms with Gasteiger partial charge in [-0.25, -0.2) is 4.39 Å². The van der Waals surface area contributed by atoms with E-state index in [-0.39, 0.29) is 11.2 Å². The van der Waals surface area contributed by atoms with Gasteiger partial charge in [0, 0.05) is 6.42 Å². The summed E-state index contributed by atoms with van der Waals surface area (Å²) in [7, 11) is 0. The van der Waals surface area contributed by atoms with Crippen LogP contribution in [0.25, 0.3) is 0 Å². The van der Waals surface area contributed by atoms with E-state index >= 15 is 0 Å². The van der Waals surface area contributed by atoms with E-state index < -0.39 is 6.10 Å². The van der Waals surface area contributed by atoms with Crippen LogP contribution in [-0.2, 0) is 11.8 Å². The summed E-state index contributed by atoms with van der Waals surface area (Å²) in [6, 6.07) is 14.5. The van der Waals surface area contributed by atoms with Gasteiger partial charge in [0.1, 0.15) is 5.82 Å². The van der Waals surface area contributed by atoms with E-state index in [1.54, 1.807) is 6.07 Å². The monoisotopic (exact) mass is 286 g/mol. The van der Waals surface area contributed by atoms with Crippen molar-refractivity contribution in [2.45, 2.75) is 45.1 Å². The predicted molar refractivity (Wildman–Crippen MR) is 84.8 cm³/mol. The molecule has 0 heterocycles. The Balaban J connectivity index is 2.11. The molecule has 2 heteroatoms. The Morgan fingerprint density at radius 2 is 1.76 bits per heavy atom. The van der Waals surface area contributed by atoms with Crippen LogP contribution >= 0.6 is 0 Å². The molecule has 2 rings (SSSR count). The predicted octanol–water partition coefficient (Wildman–Crippen LogP) is 4.79. The molecule has 1 unspecified atom stereocenters. The van der Waals surface area contributed by atoms with Crippen molar-refractivity contribution >= 4 is 0 Å². The topological polar surface area (TPSA) is 20.2 Å². The van der Waals surface area contributed by atoms with Gasteiger partial charge in [0.25, 0.3) is 0 Å². The van der Waals surface area contributed by atoms with E-state index in [1.807, 2.05) is 18.2 Å². The van der Waals surface area contributed by atoms with Crippen molar-refractivity contribution < 1.29 is 9.50 Å². The maximum atomic E-state index is 13.2. The standard InChI is InChI=1S/C19H23FO/c1-4-19(2,3)16-10-8-15(9-11-16)18(21)13-14-6-5-7-17(20)12-14/h5-12,18,21H,4,13H2,1-3H3. The molecule has 2 aromatic rings. The van der Waals surface area contributed by atoms with E-state index in [4.69, 9.17) is 0 Å². The molecule has 1 atom stereocenters. The molecule has 1 nitrogen and oxygen atoms in total. The number of aliphatic hydroxyl groups is 1. The van der Waals surface area contributed by atoms with Crippen LogP contribution in [-0.4, -0.2) is 5.11 Å². The van der Waals surface area contributed by atoms with E-state index in [0.29, 0.717) is 6.42 Å². The molecule has 0 aromatic heterocycles. The lowest BCUT2D eigenvalue weighted by molar-refractivity contribution is 0.178. The first-order valence-corrected chi connectivity index (χ1v) is 7.45. The van der Waals surface area contributed by atoms with Crippen molar-refractivity contribution in [2.75, 3.05) is 0 Å². The van der Waals surface area contributed by atoms with Gasteiger partial charge in [-0.15, -0.1) is 0 Å². The second-order valence-corrected chi connectivity index (χ2v) is 6.21. The fraction of sp³-hybridized carbons (Fsp3) is 0.368. The van der Waals surface area contributed by atoms with E-state index in [0.717, 1.165) is 17.5 Å². The normalized spacial score (nSPS) is 13.2. The third kappa shape index (κ3) is 3.92. The molecule has 0 radical (unpaired) electrons. The van der Waals surface area contributed by atoms with Crippen LogP contribution in [0.4, 0.5) is 4.39 Å². The minimum atomic E-state index is -0.606. The highest BCUT2D eigenvalue weighted by Crippen LogP contribution is 2.28. The Kier molecular flexibility index (Phi) is 4.79. The zero-order chi connectivity index (χ0) is 15.5. The highest BCUT2D eigenvalue weighted by Gasteiger charge is 2.18. The SMILES string of the molecule is CCC(C)(C)c1ccc(C(O)Cc2cccc(F)c2)cc1. The third-order valence-electron chi connectivity index (χ3n) is 4.28. The molecular weight excluding hydrogens is 263 g/mol.